The standard InChI is InChI=1S/C7H16INO4S2/c1-14(10,11)7-15(12,13)9-6-4-2-3-5-8/h9H,2-7H2,1H3. The maximum absolute atomic E-state index is 11.2. The van der Waals surface area contributed by atoms with Crippen molar-refractivity contribution in [1.82, 2.24) is 4.72 Å². The summed E-state index contributed by atoms with van der Waals surface area (Å²) < 4.78 is 47.2. The van der Waals surface area contributed by atoms with Crippen LogP contribution in [0.25, 0.3) is 0 Å². The molecule has 0 heterocycles. The molecule has 1 N–H and O–H groups in total. The van der Waals surface area contributed by atoms with Crippen molar-refractivity contribution < 1.29 is 16.8 Å². The van der Waals surface area contributed by atoms with E-state index in [1.807, 2.05) is 0 Å². The molecule has 0 amide bonds. The monoisotopic (exact) mass is 369 g/mol. The fourth-order valence-electron chi connectivity index (χ4n) is 0.947. The fourth-order valence-corrected chi connectivity index (χ4v) is 4.53. The summed E-state index contributed by atoms with van der Waals surface area (Å²) in [5.41, 5.74) is 0. The molecule has 0 bridgehead atoms. The Morgan fingerprint density at radius 3 is 2.13 bits per heavy atom. The molecule has 0 fully saturated rings. The van der Waals surface area contributed by atoms with Crippen molar-refractivity contribution in [2.75, 3.05) is 22.3 Å². The number of sulfonamides is 1. The van der Waals surface area contributed by atoms with E-state index in [1.165, 1.54) is 0 Å². The van der Waals surface area contributed by atoms with Gasteiger partial charge in [-0.3, -0.25) is 0 Å². The molecule has 0 aromatic rings. The number of hydrogen-bond donors (Lipinski definition) is 1. The molecule has 0 aromatic carbocycles. The van der Waals surface area contributed by atoms with Crippen LogP contribution < -0.4 is 4.72 Å². The van der Waals surface area contributed by atoms with Gasteiger partial charge in [0.05, 0.1) is 0 Å². The number of sulfone groups is 1. The Morgan fingerprint density at radius 1 is 1.07 bits per heavy atom. The molecule has 0 aliphatic carbocycles. The van der Waals surface area contributed by atoms with Crippen molar-refractivity contribution >= 4 is 42.5 Å². The zero-order valence-electron chi connectivity index (χ0n) is 8.57. The highest BCUT2D eigenvalue weighted by Gasteiger charge is 2.16. The van der Waals surface area contributed by atoms with Crippen LogP contribution in [0.15, 0.2) is 0 Å². The average Bonchev–Trinajstić information content (AvgIpc) is 1.99. The van der Waals surface area contributed by atoms with Gasteiger partial charge in [0.25, 0.3) is 0 Å². The Labute approximate surface area is 105 Å². The zero-order chi connectivity index (χ0) is 11.9. The Hall–Kier alpha value is 0.590. The fraction of sp³-hybridized carbons (Fsp3) is 1.00. The van der Waals surface area contributed by atoms with Crippen molar-refractivity contribution in [2.45, 2.75) is 19.3 Å². The van der Waals surface area contributed by atoms with E-state index in [4.69, 9.17) is 0 Å². The van der Waals surface area contributed by atoms with E-state index in [0.717, 1.165) is 29.9 Å². The normalized spacial score (nSPS) is 12.9. The first-order valence-electron chi connectivity index (χ1n) is 4.48. The third kappa shape index (κ3) is 10.9. The molecule has 0 saturated heterocycles. The van der Waals surface area contributed by atoms with Gasteiger partial charge in [-0.05, 0) is 17.3 Å². The van der Waals surface area contributed by atoms with Crippen LogP contribution in [0.5, 0.6) is 0 Å². The second-order valence-corrected chi connectivity index (χ2v) is 8.69. The van der Waals surface area contributed by atoms with E-state index in [-0.39, 0.29) is 0 Å². The van der Waals surface area contributed by atoms with Crippen LogP contribution in [0.2, 0.25) is 0 Å². The molecule has 0 aromatic heterocycles. The number of nitrogens with one attached hydrogen (secondary N) is 1. The SMILES string of the molecule is CS(=O)(=O)CS(=O)(=O)NCCCCCI. The average molecular weight is 369 g/mol. The molecular formula is C7H16INO4S2. The van der Waals surface area contributed by atoms with Gasteiger partial charge >= 0.3 is 0 Å². The molecule has 8 heteroatoms. The van der Waals surface area contributed by atoms with E-state index in [0.29, 0.717) is 6.54 Å². The van der Waals surface area contributed by atoms with Crippen LogP contribution in [0.3, 0.4) is 0 Å². The Morgan fingerprint density at radius 2 is 1.67 bits per heavy atom. The summed E-state index contributed by atoms with van der Waals surface area (Å²) in [4.78, 5) is 0. The predicted octanol–water partition coefficient (Wildman–Crippen LogP) is 0.513. The van der Waals surface area contributed by atoms with E-state index >= 15 is 0 Å². The molecule has 0 rings (SSSR count). The molecule has 0 aliphatic heterocycles. The minimum atomic E-state index is -3.67. The molecule has 0 aliphatic rings. The minimum absolute atomic E-state index is 0.314. The van der Waals surface area contributed by atoms with Gasteiger partial charge in [-0.25, -0.2) is 21.6 Å². The molecule has 92 valence electrons. The van der Waals surface area contributed by atoms with Gasteiger partial charge in [0, 0.05) is 12.8 Å². The molecule has 5 nitrogen and oxygen atoms in total. The first kappa shape index (κ1) is 15.6. The molecule has 0 unspecified atom stereocenters. The third-order valence-corrected chi connectivity index (χ3v) is 5.86. The summed E-state index contributed by atoms with van der Waals surface area (Å²) in [6.07, 6.45) is 3.65. The lowest BCUT2D eigenvalue weighted by atomic mass is 10.3. The van der Waals surface area contributed by atoms with Crippen molar-refractivity contribution in [3.8, 4) is 0 Å². The van der Waals surface area contributed by atoms with Crippen LogP contribution in [0, 0.1) is 0 Å². The summed E-state index contributed by atoms with van der Waals surface area (Å²) in [5, 5.41) is -0.827. The molecule has 0 spiro atoms. The highest BCUT2D eigenvalue weighted by molar-refractivity contribution is 14.1. The highest BCUT2D eigenvalue weighted by atomic mass is 127. The van der Waals surface area contributed by atoms with E-state index in [1.54, 1.807) is 0 Å². The number of alkyl halides is 1. The van der Waals surface area contributed by atoms with Crippen LogP contribution >= 0.6 is 22.6 Å². The van der Waals surface area contributed by atoms with Gasteiger partial charge in [0.15, 0.2) is 14.9 Å². The van der Waals surface area contributed by atoms with Crippen molar-refractivity contribution in [1.29, 1.82) is 0 Å². The van der Waals surface area contributed by atoms with Crippen molar-refractivity contribution in [3.05, 3.63) is 0 Å². The Kier molecular flexibility index (Phi) is 7.30. The topological polar surface area (TPSA) is 80.3 Å². The Bertz CT molecular complexity index is 362. The summed E-state index contributed by atoms with van der Waals surface area (Å²) >= 11 is 2.26. The molecule has 0 atom stereocenters. The van der Waals surface area contributed by atoms with Crippen molar-refractivity contribution in [3.63, 3.8) is 0 Å². The lowest BCUT2D eigenvalue weighted by Crippen LogP contribution is -2.30. The van der Waals surface area contributed by atoms with Gasteiger partial charge in [-0.2, -0.15) is 0 Å². The lowest BCUT2D eigenvalue weighted by Gasteiger charge is -2.04. The van der Waals surface area contributed by atoms with Crippen LogP contribution in [-0.2, 0) is 19.9 Å². The second-order valence-electron chi connectivity index (χ2n) is 3.30. The minimum Gasteiger partial charge on any atom is -0.228 e. The first-order chi connectivity index (χ1) is 6.77. The Balaban J connectivity index is 3.86. The van der Waals surface area contributed by atoms with Crippen molar-refractivity contribution in [2.24, 2.45) is 0 Å². The predicted molar refractivity (Wildman–Crippen MR) is 69.4 cm³/mol. The van der Waals surface area contributed by atoms with E-state index in [9.17, 15) is 16.8 Å². The number of halogens is 1. The summed E-state index contributed by atoms with van der Waals surface area (Å²) in [6.45, 7) is 0.314. The lowest BCUT2D eigenvalue weighted by molar-refractivity contribution is 0.576. The zero-order valence-corrected chi connectivity index (χ0v) is 12.4. The van der Waals surface area contributed by atoms with Crippen LogP contribution in [0.4, 0.5) is 0 Å². The molecular weight excluding hydrogens is 353 g/mol. The van der Waals surface area contributed by atoms with Gasteiger partial charge in [0.2, 0.25) is 10.0 Å². The van der Waals surface area contributed by atoms with Gasteiger partial charge in [0.1, 0.15) is 0 Å². The highest BCUT2D eigenvalue weighted by Crippen LogP contribution is 1.99. The van der Waals surface area contributed by atoms with Crippen LogP contribution in [0.1, 0.15) is 19.3 Å². The summed E-state index contributed by atoms with van der Waals surface area (Å²) in [6, 6.07) is 0. The molecule has 0 saturated carbocycles. The quantitative estimate of drug-likeness (QED) is 0.384. The molecule has 0 radical (unpaired) electrons. The maximum atomic E-state index is 11.2. The number of unbranched alkanes of at least 4 members (excludes halogenated alkanes) is 2. The second kappa shape index (κ2) is 7.02. The van der Waals surface area contributed by atoms with E-state index in [2.05, 4.69) is 27.3 Å². The maximum Gasteiger partial charge on any atom is 0.226 e. The summed E-state index contributed by atoms with van der Waals surface area (Å²) in [7, 11) is -7.15. The summed E-state index contributed by atoms with van der Waals surface area (Å²) in [5.74, 6) is 0. The van der Waals surface area contributed by atoms with E-state index < -0.39 is 24.9 Å². The van der Waals surface area contributed by atoms with Gasteiger partial charge in [-0.1, -0.05) is 29.0 Å². The number of hydrogen-bond acceptors (Lipinski definition) is 4. The van der Waals surface area contributed by atoms with Gasteiger partial charge < -0.3 is 0 Å². The largest absolute Gasteiger partial charge is 0.228 e. The number of rotatable bonds is 8. The van der Waals surface area contributed by atoms with Crippen LogP contribution in [-0.4, -0.2) is 39.1 Å². The molecule has 15 heavy (non-hydrogen) atoms. The third-order valence-electron chi connectivity index (χ3n) is 1.50. The first-order valence-corrected chi connectivity index (χ1v) is 9.72. The smallest absolute Gasteiger partial charge is 0.226 e. The van der Waals surface area contributed by atoms with Gasteiger partial charge in [-0.15, -0.1) is 0 Å².